The number of rotatable bonds is 5. The third kappa shape index (κ3) is 36.9. The first-order valence-corrected chi connectivity index (χ1v) is 5.53. The van der Waals surface area contributed by atoms with Gasteiger partial charge in [0.15, 0.2) is 5.78 Å². The SMILES string of the molecule is C.COCC(=O)CBr.COCC(=O)Cl.[2H]CC. The summed E-state index contributed by atoms with van der Waals surface area (Å²) >= 11 is 7.80. The maximum Gasteiger partial charge on any atom is 0.247 e. The third-order valence-electron chi connectivity index (χ3n) is 0.712. The van der Waals surface area contributed by atoms with Gasteiger partial charge < -0.3 is 9.47 Å². The Balaban J connectivity index is -0.0000000778. The molecule has 0 aliphatic rings. The Morgan fingerprint density at radius 2 is 1.69 bits per heavy atom. The molecule has 0 atom stereocenters. The Morgan fingerprint density at radius 1 is 1.31 bits per heavy atom. The van der Waals surface area contributed by atoms with E-state index in [4.69, 9.17) is 13.0 Å². The second-order valence-electron chi connectivity index (χ2n) is 1.89. The quantitative estimate of drug-likeness (QED) is 0.577. The van der Waals surface area contributed by atoms with E-state index in [0.717, 1.165) is 0 Å². The number of carbonyl (C=O) groups excluding carboxylic acids is 2. The van der Waals surface area contributed by atoms with Gasteiger partial charge >= 0.3 is 0 Å². The van der Waals surface area contributed by atoms with Crippen LogP contribution in [-0.2, 0) is 19.1 Å². The van der Waals surface area contributed by atoms with Gasteiger partial charge in [-0.15, -0.1) is 0 Å². The topological polar surface area (TPSA) is 52.6 Å². The molecule has 0 amide bonds. The van der Waals surface area contributed by atoms with Gasteiger partial charge in [-0.3, -0.25) is 9.59 Å². The molecule has 0 rings (SSSR count). The van der Waals surface area contributed by atoms with Crippen LogP contribution in [0, 0.1) is 0 Å². The van der Waals surface area contributed by atoms with E-state index in [0.29, 0.717) is 12.2 Å². The molecule has 0 aromatic heterocycles. The normalized spacial score (nSPS) is 8.19. The first-order valence-electron chi connectivity index (χ1n) is 4.73. The van der Waals surface area contributed by atoms with Crippen molar-refractivity contribution in [3.05, 3.63) is 0 Å². The summed E-state index contributed by atoms with van der Waals surface area (Å²) in [5, 5.41) is -0.0709. The number of alkyl halides is 1. The molecule has 6 heteroatoms. The predicted molar refractivity (Wildman–Crippen MR) is 71.5 cm³/mol. The second kappa shape index (κ2) is 24.3. The van der Waals surface area contributed by atoms with E-state index < -0.39 is 5.24 Å². The molecule has 0 aliphatic heterocycles. The van der Waals surface area contributed by atoms with Crippen LogP contribution in [0.15, 0.2) is 0 Å². The van der Waals surface area contributed by atoms with Crippen LogP contribution in [0.2, 0.25) is 0 Å². The second-order valence-corrected chi connectivity index (χ2v) is 2.88. The van der Waals surface area contributed by atoms with E-state index in [-0.39, 0.29) is 26.4 Å². The van der Waals surface area contributed by atoms with Crippen LogP contribution in [0.3, 0.4) is 0 Å². The number of carbonyl (C=O) groups is 2. The molecule has 16 heavy (non-hydrogen) atoms. The maximum atomic E-state index is 10.2. The average molecular weight is 323 g/mol. The summed E-state index contributed by atoms with van der Waals surface area (Å²) in [7, 11) is 2.92. The molecule has 0 aromatic carbocycles. The van der Waals surface area contributed by atoms with Crippen LogP contribution in [0.4, 0.5) is 0 Å². The number of ketones is 1. The van der Waals surface area contributed by atoms with Crippen LogP contribution >= 0.6 is 27.5 Å². The molecule has 0 saturated heterocycles. The Bertz CT molecular complexity index is 170. The minimum atomic E-state index is -0.461. The van der Waals surface area contributed by atoms with Gasteiger partial charge in [0.05, 0.1) is 5.33 Å². The van der Waals surface area contributed by atoms with Crippen molar-refractivity contribution in [3.8, 4) is 0 Å². The molecule has 4 nitrogen and oxygen atoms in total. The van der Waals surface area contributed by atoms with Gasteiger partial charge in [-0.05, 0) is 11.6 Å². The van der Waals surface area contributed by atoms with Crippen molar-refractivity contribution in [2.75, 3.05) is 32.8 Å². The zero-order chi connectivity index (χ0) is 13.4. The lowest BCUT2D eigenvalue weighted by molar-refractivity contribution is -0.120. The molecule has 0 saturated carbocycles. The molecular weight excluding hydrogens is 299 g/mol. The lowest BCUT2D eigenvalue weighted by atomic mass is 10.5. The standard InChI is InChI=1S/C4H7BrO2.C3H5ClO2.C2H6.CH4/c1-7-3-4(6)2-5;1-6-2-3(4)5;1-2;/h2-3H2,1H3;2H2,1H3;1-2H3;1H4/i;;1D;. The molecule has 0 N–H and O–H groups in total. The molecule has 0 unspecified atom stereocenters. The molecule has 0 fully saturated rings. The predicted octanol–water partition coefficient (Wildman–Crippen LogP) is 2.66. The Labute approximate surface area is 113 Å². The molecule has 0 heterocycles. The van der Waals surface area contributed by atoms with Crippen molar-refractivity contribution in [2.45, 2.75) is 21.3 Å². The number of halogens is 2. The summed E-state index contributed by atoms with van der Waals surface area (Å²) < 4.78 is 15.0. The minimum Gasteiger partial charge on any atom is -0.377 e. The number of ether oxygens (including phenoxy) is 2. The van der Waals surface area contributed by atoms with Crippen molar-refractivity contribution in [3.63, 3.8) is 0 Å². The molecule has 0 spiro atoms. The van der Waals surface area contributed by atoms with Crippen molar-refractivity contribution in [1.82, 2.24) is 0 Å². The Kier molecular flexibility index (Phi) is 32.4. The lowest BCUT2D eigenvalue weighted by Gasteiger charge is -1.88. The van der Waals surface area contributed by atoms with Crippen molar-refractivity contribution >= 4 is 38.6 Å². The minimum absolute atomic E-state index is 0. The van der Waals surface area contributed by atoms with Gasteiger partial charge in [-0.1, -0.05) is 37.2 Å². The third-order valence-corrected chi connectivity index (χ3v) is 1.45. The van der Waals surface area contributed by atoms with Crippen molar-refractivity contribution < 1.29 is 20.4 Å². The first kappa shape index (κ1) is 21.3. The largest absolute Gasteiger partial charge is 0.377 e. The number of hydrogen-bond donors (Lipinski definition) is 0. The fourth-order valence-corrected chi connectivity index (χ4v) is 0.584. The zero-order valence-corrected chi connectivity index (χ0v) is 11.6. The van der Waals surface area contributed by atoms with Crippen molar-refractivity contribution in [2.24, 2.45) is 0 Å². The summed E-state index contributed by atoms with van der Waals surface area (Å²) in [5.74, 6) is 0.0718. The average Bonchev–Trinajstić information content (AvgIpc) is 2.20. The fourth-order valence-electron chi connectivity index (χ4n) is 0.313. The van der Waals surface area contributed by atoms with E-state index in [1.807, 2.05) is 0 Å². The maximum absolute atomic E-state index is 10.2. The van der Waals surface area contributed by atoms with Crippen molar-refractivity contribution in [1.29, 1.82) is 0 Å². The number of methoxy groups -OCH3 is 2. The number of Topliss-reactive ketones (excluding diaryl/α,β-unsaturated/α-hetero) is 1. The highest BCUT2D eigenvalue weighted by molar-refractivity contribution is 9.09. The van der Waals surface area contributed by atoms with Crippen LogP contribution in [0.5, 0.6) is 0 Å². The molecule has 0 aliphatic carbocycles. The van der Waals surface area contributed by atoms with Crippen LogP contribution in [0.1, 0.15) is 22.6 Å². The molecular formula is C10H22BrClO4. The molecule has 0 radical (unpaired) electrons. The Hall–Kier alpha value is 0.0300. The summed E-state index contributed by atoms with van der Waals surface area (Å²) in [6.07, 6.45) is 0. The monoisotopic (exact) mass is 321 g/mol. The van der Waals surface area contributed by atoms with Crippen LogP contribution < -0.4 is 0 Å². The molecule has 100 valence electrons. The summed E-state index contributed by atoms with van der Waals surface area (Å²) in [5.41, 5.74) is 0. The lowest BCUT2D eigenvalue weighted by Crippen LogP contribution is -2.06. The van der Waals surface area contributed by atoms with Gasteiger partial charge in [0.25, 0.3) is 0 Å². The summed E-state index contributed by atoms with van der Waals surface area (Å²) in [6.45, 7) is 2.51. The highest BCUT2D eigenvalue weighted by Gasteiger charge is 1.93. The van der Waals surface area contributed by atoms with E-state index in [1.54, 1.807) is 6.92 Å². The van der Waals surface area contributed by atoms with E-state index >= 15 is 0 Å². The fraction of sp³-hybridized carbons (Fsp3) is 0.800. The van der Waals surface area contributed by atoms with Crippen LogP contribution in [-0.4, -0.2) is 43.8 Å². The smallest absolute Gasteiger partial charge is 0.247 e. The summed E-state index contributed by atoms with van der Waals surface area (Å²) in [4.78, 5) is 19.9. The highest BCUT2D eigenvalue weighted by Crippen LogP contribution is 1.81. The Morgan fingerprint density at radius 3 is 1.75 bits per heavy atom. The van der Waals surface area contributed by atoms with Gasteiger partial charge in [-0.2, -0.15) is 0 Å². The van der Waals surface area contributed by atoms with E-state index in [9.17, 15) is 9.59 Å². The molecule has 0 bridgehead atoms. The van der Waals surface area contributed by atoms with Gasteiger partial charge in [0, 0.05) is 15.6 Å². The van der Waals surface area contributed by atoms with Gasteiger partial charge in [0.2, 0.25) is 5.24 Å². The van der Waals surface area contributed by atoms with Crippen LogP contribution in [0.25, 0.3) is 0 Å². The van der Waals surface area contributed by atoms with E-state index in [2.05, 4.69) is 25.4 Å². The van der Waals surface area contributed by atoms with Gasteiger partial charge in [-0.25, -0.2) is 0 Å². The highest BCUT2D eigenvalue weighted by atomic mass is 79.9. The molecule has 0 aromatic rings. The zero-order valence-electron chi connectivity index (χ0n) is 10.2. The van der Waals surface area contributed by atoms with Gasteiger partial charge in [0.1, 0.15) is 13.2 Å². The summed E-state index contributed by atoms with van der Waals surface area (Å²) in [6, 6.07) is 0. The number of hydrogen-bond acceptors (Lipinski definition) is 4. The van der Waals surface area contributed by atoms with E-state index in [1.165, 1.54) is 14.2 Å². The first-order chi connectivity index (χ1) is 7.49.